The SMILES string of the molecule is CC1(C)CN(C(=O)c2cn[nH]n2)CCN1. The molecular formula is C9H15N5O. The van der Waals surface area contributed by atoms with Gasteiger partial charge in [-0.2, -0.15) is 15.4 Å². The summed E-state index contributed by atoms with van der Waals surface area (Å²) in [5, 5.41) is 13.2. The molecule has 1 saturated heterocycles. The number of hydrogen-bond acceptors (Lipinski definition) is 4. The van der Waals surface area contributed by atoms with Crippen molar-refractivity contribution in [2.75, 3.05) is 19.6 Å². The predicted octanol–water partition coefficient (Wildman–Crippen LogP) is -0.371. The van der Waals surface area contributed by atoms with Gasteiger partial charge in [-0.3, -0.25) is 4.79 Å². The molecular weight excluding hydrogens is 194 g/mol. The Hall–Kier alpha value is -1.43. The van der Waals surface area contributed by atoms with Gasteiger partial charge in [0.1, 0.15) is 0 Å². The van der Waals surface area contributed by atoms with Crippen LogP contribution in [0.1, 0.15) is 24.3 Å². The van der Waals surface area contributed by atoms with Gasteiger partial charge in [-0.05, 0) is 13.8 Å². The molecule has 6 heteroatoms. The molecule has 0 aliphatic carbocycles. The van der Waals surface area contributed by atoms with Crippen molar-refractivity contribution in [3.05, 3.63) is 11.9 Å². The molecule has 0 bridgehead atoms. The number of H-pyrrole nitrogens is 1. The van der Waals surface area contributed by atoms with Crippen LogP contribution in [0.2, 0.25) is 0 Å². The van der Waals surface area contributed by atoms with Gasteiger partial charge < -0.3 is 10.2 Å². The highest BCUT2D eigenvalue weighted by Crippen LogP contribution is 2.12. The third-order valence-corrected chi connectivity index (χ3v) is 2.49. The van der Waals surface area contributed by atoms with Gasteiger partial charge in [0.05, 0.1) is 6.20 Å². The van der Waals surface area contributed by atoms with Gasteiger partial charge in [-0.25, -0.2) is 0 Å². The molecule has 1 fully saturated rings. The Morgan fingerprint density at radius 2 is 2.40 bits per heavy atom. The van der Waals surface area contributed by atoms with E-state index in [9.17, 15) is 4.79 Å². The molecule has 6 nitrogen and oxygen atoms in total. The first-order chi connectivity index (χ1) is 7.08. The van der Waals surface area contributed by atoms with E-state index >= 15 is 0 Å². The quantitative estimate of drug-likeness (QED) is 0.661. The maximum absolute atomic E-state index is 11.9. The van der Waals surface area contributed by atoms with E-state index in [1.54, 1.807) is 4.90 Å². The predicted molar refractivity (Wildman–Crippen MR) is 54.4 cm³/mol. The third kappa shape index (κ3) is 2.15. The molecule has 15 heavy (non-hydrogen) atoms. The first-order valence-electron chi connectivity index (χ1n) is 4.98. The molecule has 1 aromatic heterocycles. The molecule has 2 N–H and O–H groups in total. The minimum absolute atomic E-state index is 0.0301. The summed E-state index contributed by atoms with van der Waals surface area (Å²) in [4.78, 5) is 13.7. The molecule has 1 amide bonds. The van der Waals surface area contributed by atoms with Crippen molar-refractivity contribution in [2.24, 2.45) is 0 Å². The Kier molecular flexibility index (Phi) is 2.44. The third-order valence-electron chi connectivity index (χ3n) is 2.49. The second kappa shape index (κ2) is 3.62. The van der Waals surface area contributed by atoms with Crippen molar-refractivity contribution in [3.8, 4) is 0 Å². The second-order valence-electron chi connectivity index (χ2n) is 4.39. The molecule has 2 rings (SSSR count). The molecule has 1 aromatic rings. The average molecular weight is 209 g/mol. The molecule has 0 saturated carbocycles. The molecule has 0 radical (unpaired) electrons. The van der Waals surface area contributed by atoms with Gasteiger partial charge in [0.2, 0.25) is 0 Å². The molecule has 82 valence electrons. The lowest BCUT2D eigenvalue weighted by atomic mass is 10.0. The number of nitrogens with zero attached hydrogens (tertiary/aromatic N) is 3. The van der Waals surface area contributed by atoms with Crippen LogP contribution in [0.4, 0.5) is 0 Å². The van der Waals surface area contributed by atoms with Crippen LogP contribution in [-0.2, 0) is 0 Å². The fourth-order valence-electron chi connectivity index (χ4n) is 1.78. The maximum atomic E-state index is 11.9. The number of carbonyl (C=O) groups is 1. The van der Waals surface area contributed by atoms with Gasteiger partial charge in [-0.15, -0.1) is 0 Å². The van der Waals surface area contributed by atoms with Gasteiger partial charge in [0, 0.05) is 25.2 Å². The number of piperazine rings is 1. The summed E-state index contributed by atoms with van der Waals surface area (Å²) in [6.07, 6.45) is 1.46. The van der Waals surface area contributed by atoms with E-state index < -0.39 is 0 Å². The Labute approximate surface area is 88.0 Å². The smallest absolute Gasteiger partial charge is 0.276 e. The minimum atomic E-state index is -0.0571. The second-order valence-corrected chi connectivity index (χ2v) is 4.39. The van der Waals surface area contributed by atoms with Gasteiger partial charge >= 0.3 is 0 Å². The van der Waals surface area contributed by atoms with Gasteiger partial charge in [0.25, 0.3) is 5.91 Å². The van der Waals surface area contributed by atoms with Crippen molar-refractivity contribution in [1.82, 2.24) is 25.6 Å². The van der Waals surface area contributed by atoms with E-state index in [4.69, 9.17) is 0 Å². The molecule has 0 atom stereocenters. The van der Waals surface area contributed by atoms with E-state index in [0.717, 1.165) is 13.1 Å². The van der Waals surface area contributed by atoms with Crippen LogP contribution in [0.25, 0.3) is 0 Å². The summed E-state index contributed by atoms with van der Waals surface area (Å²) in [5.74, 6) is -0.0571. The lowest BCUT2D eigenvalue weighted by Crippen LogP contribution is -2.58. The number of nitrogens with one attached hydrogen (secondary N) is 2. The van der Waals surface area contributed by atoms with Crippen LogP contribution in [0.3, 0.4) is 0 Å². The summed E-state index contributed by atoms with van der Waals surface area (Å²) in [6, 6.07) is 0. The topological polar surface area (TPSA) is 73.9 Å². The monoisotopic (exact) mass is 209 g/mol. The van der Waals surface area contributed by atoms with Gasteiger partial charge in [-0.1, -0.05) is 0 Å². The molecule has 0 unspecified atom stereocenters. The lowest BCUT2D eigenvalue weighted by Gasteiger charge is -2.38. The zero-order valence-electron chi connectivity index (χ0n) is 8.95. The summed E-state index contributed by atoms with van der Waals surface area (Å²) in [6.45, 7) is 6.38. The summed E-state index contributed by atoms with van der Waals surface area (Å²) < 4.78 is 0. The Balaban J connectivity index is 2.08. The number of aromatic nitrogens is 3. The highest BCUT2D eigenvalue weighted by atomic mass is 16.2. The highest BCUT2D eigenvalue weighted by molar-refractivity contribution is 5.92. The van der Waals surface area contributed by atoms with E-state index in [0.29, 0.717) is 12.2 Å². The van der Waals surface area contributed by atoms with Crippen LogP contribution >= 0.6 is 0 Å². The molecule has 0 aromatic carbocycles. The summed E-state index contributed by atoms with van der Waals surface area (Å²) >= 11 is 0. The zero-order valence-corrected chi connectivity index (χ0v) is 8.95. The molecule has 1 aliphatic heterocycles. The van der Waals surface area contributed by atoms with Crippen molar-refractivity contribution < 1.29 is 4.79 Å². The minimum Gasteiger partial charge on any atom is -0.334 e. The van der Waals surface area contributed by atoms with Crippen LogP contribution in [0, 0.1) is 0 Å². The fourth-order valence-corrected chi connectivity index (χ4v) is 1.78. The van der Waals surface area contributed by atoms with Crippen LogP contribution in [0.15, 0.2) is 6.20 Å². The van der Waals surface area contributed by atoms with Gasteiger partial charge in [0.15, 0.2) is 5.69 Å². The zero-order chi connectivity index (χ0) is 10.9. The average Bonchev–Trinajstić information content (AvgIpc) is 2.67. The first-order valence-corrected chi connectivity index (χ1v) is 4.98. The van der Waals surface area contributed by atoms with Crippen molar-refractivity contribution in [2.45, 2.75) is 19.4 Å². The van der Waals surface area contributed by atoms with Crippen molar-refractivity contribution >= 4 is 5.91 Å². The molecule has 2 heterocycles. The standard InChI is InChI=1S/C9H15N5O/c1-9(2)6-14(4-3-10-9)8(15)7-5-11-13-12-7/h5,10H,3-4,6H2,1-2H3,(H,11,12,13). The summed E-state index contributed by atoms with van der Waals surface area (Å²) in [7, 11) is 0. The Morgan fingerprint density at radius 3 is 3.00 bits per heavy atom. The highest BCUT2D eigenvalue weighted by Gasteiger charge is 2.29. The Morgan fingerprint density at radius 1 is 1.60 bits per heavy atom. The van der Waals surface area contributed by atoms with E-state index in [2.05, 4.69) is 34.6 Å². The Bertz CT molecular complexity index is 345. The first kappa shape index (κ1) is 10.1. The number of aromatic amines is 1. The number of carbonyl (C=O) groups excluding carboxylic acids is 1. The van der Waals surface area contributed by atoms with E-state index in [1.807, 2.05) is 0 Å². The number of rotatable bonds is 1. The summed E-state index contributed by atoms with van der Waals surface area (Å²) in [5.41, 5.74) is 0.352. The van der Waals surface area contributed by atoms with Crippen LogP contribution in [0.5, 0.6) is 0 Å². The van der Waals surface area contributed by atoms with Crippen molar-refractivity contribution in [1.29, 1.82) is 0 Å². The fraction of sp³-hybridized carbons (Fsp3) is 0.667. The number of hydrogen-bond donors (Lipinski definition) is 2. The maximum Gasteiger partial charge on any atom is 0.276 e. The van der Waals surface area contributed by atoms with Crippen LogP contribution < -0.4 is 5.32 Å². The van der Waals surface area contributed by atoms with E-state index in [1.165, 1.54) is 6.20 Å². The normalized spacial score (nSPS) is 20.3. The lowest BCUT2D eigenvalue weighted by molar-refractivity contribution is 0.0646. The molecule has 0 spiro atoms. The van der Waals surface area contributed by atoms with E-state index in [-0.39, 0.29) is 11.4 Å². The molecule has 1 aliphatic rings. The van der Waals surface area contributed by atoms with Crippen molar-refractivity contribution in [3.63, 3.8) is 0 Å². The largest absolute Gasteiger partial charge is 0.334 e. The number of amides is 1. The van der Waals surface area contributed by atoms with Crippen LogP contribution in [-0.4, -0.2) is 51.4 Å².